The normalized spacial score (nSPS) is 16.2. The number of benzene rings is 2. The van der Waals surface area contributed by atoms with Gasteiger partial charge in [-0.25, -0.2) is 0 Å². The third-order valence-electron chi connectivity index (χ3n) is 5.74. The average molecular weight is 516 g/mol. The predicted molar refractivity (Wildman–Crippen MR) is 121 cm³/mol. The van der Waals surface area contributed by atoms with Crippen molar-refractivity contribution in [1.82, 2.24) is 10.2 Å². The number of alkyl halides is 6. The van der Waals surface area contributed by atoms with Crippen LogP contribution in [-0.2, 0) is 28.5 Å². The van der Waals surface area contributed by atoms with Crippen LogP contribution in [0.1, 0.15) is 28.7 Å². The highest BCUT2D eigenvalue weighted by Crippen LogP contribution is 2.36. The summed E-state index contributed by atoms with van der Waals surface area (Å²) >= 11 is 0. The molecule has 0 saturated carbocycles. The molecule has 6 nitrogen and oxygen atoms in total. The molecule has 0 radical (unpaired) electrons. The van der Waals surface area contributed by atoms with Crippen molar-refractivity contribution in [1.29, 1.82) is 0 Å². The lowest BCUT2D eigenvalue weighted by atomic mass is 10.0. The maximum absolute atomic E-state index is 13.1. The highest BCUT2D eigenvalue weighted by molar-refractivity contribution is 5.86. The van der Waals surface area contributed by atoms with E-state index in [1.807, 2.05) is 13.0 Å². The van der Waals surface area contributed by atoms with Crippen LogP contribution in [0.5, 0.6) is 0 Å². The Morgan fingerprint density at radius 3 is 2.19 bits per heavy atom. The molecule has 1 aliphatic rings. The number of aryl methyl sites for hydroxylation is 1. The Morgan fingerprint density at radius 1 is 1.03 bits per heavy atom. The molecule has 1 unspecified atom stereocenters. The average Bonchev–Trinajstić information content (AvgIpc) is 3.22. The van der Waals surface area contributed by atoms with Crippen LogP contribution < -0.4 is 16.0 Å². The van der Waals surface area contributed by atoms with Crippen LogP contribution in [0.15, 0.2) is 42.5 Å². The minimum atomic E-state index is -4.99. The fourth-order valence-electron chi connectivity index (χ4n) is 3.89. The first-order valence-electron chi connectivity index (χ1n) is 11.1. The number of carbonyl (C=O) groups is 2. The monoisotopic (exact) mass is 516 g/mol. The van der Waals surface area contributed by atoms with E-state index in [9.17, 15) is 35.9 Å². The van der Waals surface area contributed by atoms with Crippen LogP contribution in [0.4, 0.5) is 32.0 Å². The van der Waals surface area contributed by atoms with Crippen molar-refractivity contribution in [2.24, 2.45) is 5.73 Å². The van der Waals surface area contributed by atoms with Gasteiger partial charge in [-0.3, -0.25) is 9.59 Å². The molecule has 1 saturated heterocycles. The molecule has 2 aromatic carbocycles. The SMILES string of the molecule is Cc1cccc(N(CC(=O)NCc2cc(C(F)(F)F)cc(C(F)(F)F)c2)CC(=O)N2CCC(N)C2)c1. The van der Waals surface area contributed by atoms with E-state index in [2.05, 4.69) is 5.32 Å². The molecule has 1 atom stereocenters. The standard InChI is InChI=1S/C24H26F6N4O2/c1-15-3-2-4-20(7-15)34(14-22(36)33-6-5-19(31)12-33)13-21(35)32-11-16-8-17(23(25,26)27)10-18(9-16)24(28,29)30/h2-4,7-10,19H,5-6,11-14,31H2,1H3,(H,32,35). The molecular formula is C24H26F6N4O2. The van der Waals surface area contributed by atoms with Crippen molar-refractivity contribution in [3.05, 3.63) is 64.7 Å². The van der Waals surface area contributed by atoms with Gasteiger partial charge >= 0.3 is 12.4 Å². The van der Waals surface area contributed by atoms with E-state index in [0.717, 1.165) is 5.56 Å². The van der Waals surface area contributed by atoms with Gasteiger partial charge in [-0.15, -0.1) is 0 Å². The number of rotatable bonds is 7. The fraction of sp³-hybridized carbons (Fsp3) is 0.417. The van der Waals surface area contributed by atoms with Gasteiger partial charge in [0.15, 0.2) is 0 Å². The van der Waals surface area contributed by atoms with Gasteiger partial charge < -0.3 is 20.9 Å². The number of nitrogens with one attached hydrogen (secondary N) is 1. The molecule has 12 heteroatoms. The maximum atomic E-state index is 13.1. The first-order chi connectivity index (χ1) is 16.7. The van der Waals surface area contributed by atoms with E-state index in [0.29, 0.717) is 37.3 Å². The van der Waals surface area contributed by atoms with Crippen LogP contribution in [0, 0.1) is 6.92 Å². The van der Waals surface area contributed by atoms with Gasteiger partial charge in [-0.2, -0.15) is 26.3 Å². The van der Waals surface area contributed by atoms with Gasteiger partial charge in [0.25, 0.3) is 0 Å². The van der Waals surface area contributed by atoms with Gasteiger partial charge in [-0.05, 0) is 54.8 Å². The van der Waals surface area contributed by atoms with E-state index < -0.39 is 35.9 Å². The largest absolute Gasteiger partial charge is 0.416 e. The predicted octanol–water partition coefficient (Wildman–Crippen LogP) is 3.72. The minimum Gasteiger partial charge on any atom is -0.353 e. The summed E-state index contributed by atoms with van der Waals surface area (Å²) in [6.07, 6.45) is -9.31. The minimum absolute atomic E-state index is 0.0284. The number of halogens is 6. The lowest BCUT2D eigenvalue weighted by molar-refractivity contribution is -0.143. The number of amides is 2. The first kappa shape index (κ1) is 27.3. The Labute approximate surface area is 204 Å². The van der Waals surface area contributed by atoms with Crippen LogP contribution in [0.3, 0.4) is 0 Å². The van der Waals surface area contributed by atoms with Gasteiger partial charge in [0, 0.05) is 31.4 Å². The zero-order valence-electron chi connectivity index (χ0n) is 19.4. The van der Waals surface area contributed by atoms with E-state index >= 15 is 0 Å². The molecule has 1 fully saturated rings. The van der Waals surface area contributed by atoms with Crippen molar-refractivity contribution in [2.75, 3.05) is 31.1 Å². The third-order valence-corrected chi connectivity index (χ3v) is 5.74. The summed E-state index contributed by atoms with van der Waals surface area (Å²) in [6, 6.07) is 8.06. The fourth-order valence-corrected chi connectivity index (χ4v) is 3.89. The van der Waals surface area contributed by atoms with Gasteiger partial charge in [0.1, 0.15) is 0 Å². The first-order valence-corrected chi connectivity index (χ1v) is 11.1. The molecule has 3 rings (SSSR count). The lowest BCUT2D eigenvalue weighted by Crippen LogP contribution is -2.44. The number of nitrogens with zero attached hydrogens (tertiary/aromatic N) is 2. The number of hydrogen-bond acceptors (Lipinski definition) is 4. The maximum Gasteiger partial charge on any atom is 0.416 e. The summed E-state index contributed by atoms with van der Waals surface area (Å²) in [5.41, 5.74) is 4.03. The highest BCUT2D eigenvalue weighted by atomic mass is 19.4. The van der Waals surface area contributed by atoms with Gasteiger partial charge in [0.2, 0.25) is 11.8 Å². The van der Waals surface area contributed by atoms with Crippen LogP contribution >= 0.6 is 0 Å². The van der Waals surface area contributed by atoms with Crippen molar-refractivity contribution < 1.29 is 35.9 Å². The summed E-state index contributed by atoms with van der Waals surface area (Å²) in [5.74, 6) is -0.918. The molecule has 36 heavy (non-hydrogen) atoms. The van der Waals surface area contributed by atoms with Gasteiger partial charge in [-0.1, -0.05) is 12.1 Å². The Balaban J connectivity index is 1.74. The molecule has 0 aromatic heterocycles. The smallest absolute Gasteiger partial charge is 0.353 e. The molecule has 3 N–H and O–H groups in total. The topological polar surface area (TPSA) is 78.7 Å². The molecular weight excluding hydrogens is 490 g/mol. The van der Waals surface area contributed by atoms with Crippen molar-refractivity contribution >= 4 is 17.5 Å². The molecule has 2 aromatic rings. The second-order valence-electron chi connectivity index (χ2n) is 8.77. The molecule has 1 aliphatic heterocycles. The van der Waals surface area contributed by atoms with E-state index in [4.69, 9.17) is 5.73 Å². The van der Waals surface area contributed by atoms with Crippen molar-refractivity contribution in [2.45, 2.75) is 38.3 Å². The zero-order valence-corrected chi connectivity index (χ0v) is 19.4. The quantitative estimate of drug-likeness (QED) is 0.550. The Bertz CT molecular complexity index is 1070. The van der Waals surface area contributed by atoms with Crippen molar-refractivity contribution in [3.8, 4) is 0 Å². The molecule has 196 valence electrons. The second-order valence-corrected chi connectivity index (χ2v) is 8.77. The van der Waals surface area contributed by atoms with Crippen LogP contribution in [-0.4, -0.2) is 48.9 Å². The number of carbonyl (C=O) groups excluding carboxylic acids is 2. The number of hydrogen-bond donors (Lipinski definition) is 2. The summed E-state index contributed by atoms with van der Waals surface area (Å²) in [7, 11) is 0. The number of likely N-dealkylation sites (tertiary alicyclic amines) is 1. The van der Waals surface area contributed by atoms with E-state index in [1.54, 1.807) is 23.1 Å². The summed E-state index contributed by atoms with van der Waals surface area (Å²) in [6.45, 7) is 1.68. The molecule has 2 amide bonds. The van der Waals surface area contributed by atoms with Crippen LogP contribution in [0.25, 0.3) is 0 Å². The Kier molecular flexibility index (Phi) is 8.17. The molecule has 0 spiro atoms. The summed E-state index contributed by atoms with van der Waals surface area (Å²) in [5, 5.41) is 2.36. The Morgan fingerprint density at radius 2 is 1.67 bits per heavy atom. The highest BCUT2D eigenvalue weighted by Gasteiger charge is 2.37. The zero-order chi connectivity index (χ0) is 26.7. The summed E-state index contributed by atoms with van der Waals surface area (Å²) in [4.78, 5) is 28.5. The summed E-state index contributed by atoms with van der Waals surface area (Å²) < 4.78 is 78.6. The molecule has 0 bridgehead atoms. The number of anilines is 1. The number of nitrogens with two attached hydrogens (primary N) is 1. The van der Waals surface area contributed by atoms with E-state index in [1.165, 1.54) is 4.90 Å². The molecule has 0 aliphatic carbocycles. The second kappa shape index (κ2) is 10.8. The lowest BCUT2D eigenvalue weighted by Gasteiger charge is -2.27. The van der Waals surface area contributed by atoms with E-state index in [-0.39, 0.29) is 36.7 Å². The third kappa shape index (κ3) is 7.36. The Hall–Kier alpha value is -3.28. The molecule has 1 heterocycles. The van der Waals surface area contributed by atoms with Crippen molar-refractivity contribution in [3.63, 3.8) is 0 Å². The van der Waals surface area contributed by atoms with Gasteiger partial charge in [0.05, 0.1) is 24.2 Å². The van der Waals surface area contributed by atoms with Crippen LogP contribution in [0.2, 0.25) is 0 Å².